The predicted molar refractivity (Wildman–Crippen MR) is 74.2 cm³/mol. The molecule has 1 aromatic carbocycles. The maximum atomic E-state index is 12.0. The number of nitrogens with one attached hydrogen (secondary N) is 1. The first-order valence-corrected chi connectivity index (χ1v) is 7.02. The van der Waals surface area contributed by atoms with Gasteiger partial charge in [0.1, 0.15) is 5.75 Å². The molecule has 0 radical (unpaired) electrons. The number of benzene rings is 1. The second-order valence-corrected chi connectivity index (χ2v) is 5.29. The van der Waals surface area contributed by atoms with Crippen LogP contribution in [0.2, 0.25) is 0 Å². The van der Waals surface area contributed by atoms with Crippen molar-refractivity contribution >= 4 is 17.7 Å². The number of aliphatic hydroxyl groups excluding tert-OH is 1. The van der Waals surface area contributed by atoms with Crippen LogP contribution in [0.4, 0.5) is 0 Å². The standard InChI is InChI=1S/C13H19NO3S/c1-8-6-10(16)4-5-11(8)13(17)14-9(2)12(7-15)18-3/h4-6,9,12,15-16H,7H2,1-3H3,(H,14,17). The van der Waals surface area contributed by atoms with Crippen LogP contribution in [-0.2, 0) is 0 Å². The quantitative estimate of drug-likeness (QED) is 0.758. The van der Waals surface area contributed by atoms with Crippen molar-refractivity contribution < 1.29 is 15.0 Å². The number of thioether (sulfide) groups is 1. The Balaban J connectivity index is 2.76. The molecule has 1 amide bonds. The Kier molecular flexibility index (Phi) is 5.50. The molecule has 0 aromatic heterocycles. The highest BCUT2D eigenvalue weighted by atomic mass is 32.2. The minimum atomic E-state index is -0.187. The van der Waals surface area contributed by atoms with E-state index < -0.39 is 0 Å². The number of aryl methyl sites for hydroxylation is 1. The molecule has 0 aliphatic heterocycles. The molecule has 1 aromatic rings. The third-order valence-corrected chi connectivity index (χ3v) is 4.02. The van der Waals surface area contributed by atoms with Crippen LogP contribution in [0.25, 0.3) is 0 Å². The van der Waals surface area contributed by atoms with Crippen molar-refractivity contribution in [2.24, 2.45) is 0 Å². The first-order chi connectivity index (χ1) is 8.49. The van der Waals surface area contributed by atoms with E-state index in [9.17, 15) is 9.90 Å². The Morgan fingerprint density at radius 1 is 1.50 bits per heavy atom. The molecule has 0 bridgehead atoms. The zero-order chi connectivity index (χ0) is 13.7. The number of hydrogen-bond donors (Lipinski definition) is 3. The third kappa shape index (κ3) is 3.65. The molecule has 1 rings (SSSR count). The van der Waals surface area contributed by atoms with E-state index in [0.29, 0.717) is 5.56 Å². The number of aromatic hydroxyl groups is 1. The zero-order valence-corrected chi connectivity index (χ0v) is 11.6. The van der Waals surface area contributed by atoms with E-state index >= 15 is 0 Å². The molecular formula is C13H19NO3S. The molecule has 2 atom stereocenters. The monoisotopic (exact) mass is 269 g/mol. The van der Waals surface area contributed by atoms with Crippen LogP contribution in [0.1, 0.15) is 22.8 Å². The van der Waals surface area contributed by atoms with E-state index in [4.69, 9.17) is 5.11 Å². The molecule has 4 nitrogen and oxygen atoms in total. The molecule has 0 saturated carbocycles. The summed E-state index contributed by atoms with van der Waals surface area (Å²) >= 11 is 1.52. The van der Waals surface area contributed by atoms with Gasteiger partial charge >= 0.3 is 0 Å². The van der Waals surface area contributed by atoms with E-state index in [1.165, 1.54) is 17.8 Å². The van der Waals surface area contributed by atoms with Gasteiger partial charge in [-0.05, 0) is 43.9 Å². The number of phenolic OH excluding ortho intramolecular Hbond substituents is 1. The first-order valence-electron chi connectivity index (χ1n) is 5.73. The number of amides is 1. The van der Waals surface area contributed by atoms with Gasteiger partial charge in [0.25, 0.3) is 5.91 Å². The lowest BCUT2D eigenvalue weighted by molar-refractivity contribution is 0.0935. The van der Waals surface area contributed by atoms with Gasteiger partial charge in [-0.3, -0.25) is 4.79 Å². The molecule has 3 N–H and O–H groups in total. The number of hydrogen-bond acceptors (Lipinski definition) is 4. The van der Waals surface area contributed by atoms with Crippen LogP contribution in [-0.4, -0.2) is 40.3 Å². The van der Waals surface area contributed by atoms with E-state index in [0.717, 1.165) is 5.56 Å². The molecule has 2 unspecified atom stereocenters. The largest absolute Gasteiger partial charge is 0.508 e. The van der Waals surface area contributed by atoms with Gasteiger partial charge in [-0.25, -0.2) is 0 Å². The van der Waals surface area contributed by atoms with Crippen molar-refractivity contribution in [3.05, 3.63) is 29.3 Å². The molecule has 0 aliphatic carbocycles. The van der Waals surface area contributed by atoms with Gasteiger partial charge in [-0.1, -0.05) is 0 Å². The fourth-order valence-corrected chi connectivity index (χ4v) is 2.34. The molecule has 0 saturated heterocycles. The number of aliphatic hydroxyl groups is 1. The number of carbonyl (C=O) groups is 1. The second kappa shape index (κ2) is 6.66. The SMILES string of the molecule is CSC(CO)C(C)NC(=O)c1ccc(O)cc1C. The maximum absolute atomic E-state index is 12.0. The van der Waals surface area contributed by atoms with Gasteiger partial charge in [-0.2, -0.15) is 11.8 Å². The van der Waals surface area contributed by atoms with Gasteiger partial charge < -0.3 is 15.5 Å². The fraction of sp³-hybridized carbons (Fsp3) is 0.462. The molecule has 5 heteroatoms. The van der Waals surface area contributed by atoms with Gasteiger partial charge in [-0.15, -0.1) is 0 Å². The topological polar surface area (TPSA) is 69.6 Å². The van der Waals surface area contributed by atoms with Gasteiger partial charge in [0.15, 0.2) is 0 Å². The minimum Gasteiger partial charge on any atom is -0.508 e. The highest BCUT2D eigenvalue weighted by Gasteiger charge is 2.19. The summed E-state index contributed by atoms with van der Waals surface area (Å²) in [5, 5.41) is 21.3. The lowest BCUT2D eigenvalue weighted by Crippen LogP contribution is -2.41. The molecular weight excluding hydrogens is 250 g/mol. The summed E-state index contributed by atoms with van der Waals surface area (Å²) in [6.45, 7) is 3.67. The van der Waals surface area contributed by atoms with E-state index in [1.54, 1.807) is 19.1 Å². The van der Waals surface area contributed by atoms with Crippen molar-refractivity contribution in [3.63, 3.8) is 0 Å². The summed E-state index contributed by atoms with van der Waals surface area (Å²) in [5.41, 5.74) is 1.27. The highest BCUT2D eigenvalue weighted by molar-refractivity contribution is 7.99. The van der Waals surface area contributed by atoms with E-state index in [1.807, 2.05) is 13.2 Å². The Bertz CT molecular complexity index is 419. The predicted octanol–water partition coefficient (Wildman–Crippen LogP) is 1.54. The van der Waals surface area contributed by atoms with Crippen molar-refractivity contribution in [2.45, 2.75) is 25.1 Å². The van der Waals surface area contributed by atoms with Crippen molar-refractivity contribution in [1.82, 2.24) is 5.32 Å². The zero-order valence-electron chi connectivity index (χ0n) is 10.8. The lowest BCUT2D eigenvalue weighted by Gasteiger charge is -2.21. The third-order valence-electron chi connectivity index (χ3n) is 2.85. The highest BCUT2D eigenvalue weighted by Crippen LogP contribution is 2.16. The molecule has 100 valence electrons. The normalized spacial score (nSPS) is 14.0. The Labute approximate surface area is 111 Å². The lowest BCUT2D eigenvalue weighted by atomic mass is 10.1. The van der Waals surface area contributed by atoms with Gasteiger partial charge in [0, 0.05) is 16.9 Å². The molecule has 0 heterocycles. The molecule has 0 spiro atoms. The average molecular weight is 269 g/mol. The Morgan fingerprint density at radius 3 is 2.67 bits per heavy atom. The smallest absolute Gasteiger partial charge is 0.251 e. The summed E-state index contributed by atoms with van der Waals surface area (Å²) in [7, 11) is 0. The summed E-state index contributed by atoms with van der Waals surface area (Å²) in [6, 6.07) is 4.52. The van der Waals surface area contributed by atoms with Crippen LogP contribution in [0.3, 0.4) is 0 Å². The molecule has 0 fully saturated rings. The first kappa shape index (κ1) is 14.9. The van der Waals surface area contributed by atoms with Crippen LogP contribution < -0.4 is 5.32 Å². The average Bonchev–Trinajstić information content (AvgIpc) is 2.30. The van der Waals surface area contributed by atoms with Crippen molar-refractivity contribution in [2.75, 3.05) is 12.9 Å². The van der Waals surface area contributed by atoms with Crippen LogP contribution in [0, 0.1) is 6.92 Å². The molecule has 0 aliphatic rings. The molecule has 18 heavy (non-hydrogen) atoms. The summed E-state index contributed by atoms with van der Waals surface area (Å²) < 4.78 is 0. The van der Waals surface area contributed by atoms with Crippen LogP contribution >= 0.6 is 11.8 Å². The summed E-state index contributed by atoms with van der Waals surface area (Å²) in [5.74, 6) is -0.0399. The Hall–Kier alpha value is -1.20. The number of rotatable bonds is 5. The second-order valence-electron chi connectivity index (χ2n) is 4.22. The number of carbonyl (C=O) groups excluding carboxylic acids is 1. The minimum absolute atomic E-state index is 0.0219. The van der Waals surface area contributed by atoms with Gasteiger partial charge in [0.2, 0.25) is 0 Å². The summed E-state index contributed by atoms with van der Waals surface area (Å²) in [6.07, 6.45) is 1.90. The van der Waals surface area contributed by atoms with Crippen molar-refractivity contribution in [1.29, 1.82) is 0 Å². The fourth-order valence-electron chi connectivity index (χ4n) is 1.72. The van der Waals surface area contributed by atoms with E-state index in [-0.39, 0.29) is 29.6 Å². The van der Waals surface area contributed by atoms with Gasteiger partial charge in [0.05, 0.1) is 6.61 Å². The summed E-state index contributed by atoms with van der Waals surface area (Å²) in [4.78, 5) is 12.0. The van der Waals surface area contributed by atoms with E-state index in [2.05, 4.69) is 5.32 Å². The Morgan fingerprint density at radius 2 is 2.17 bits per heavy atom. The maximum Gasteiger partial charge on any atom is 0.251 e. The van der Waals surface area contributed by atoms with Crippen LogP contribution in [0.5, 0.6) is 5.75 Å². The number of phenols is 1. The van der Waals surface area contributed by atoms with Crippen molar-refractivity contribution in [3.8, 4) is 5.75 Å². The van der Waals surface area contributed by atoms with Crippen LogP contribution in [0.15, 0.2) is 18.2 Å².